The van der Waals surface area contributed by atoms with Crippen molar-refractivity contribution in [3.8, 4) is 17.2 Å². The summed E-state index contributed by atoms with van der Waals surface area (Å²) in [6.45, 7) is 0.804. The molecule has 0 aliphatic rings. The third-order valence-electron chi connectivity index (χ3n) is 4.72. The first-order valence-electron chi connectivity index (χ1n) is 9.80. The number of aliphatic hydroxyl groups is 1. The summed E-state index contributed by atoms with van der Waals surface area (Å²) in [6.07, 6.45) is -0.718. The first-order chi connectivity index (χ1) is 14.7. The van der Waals surface area contributed by atoms with Gasteiger partial charge in [-0.15, -0.1) is 0 Å². The summed E-state index contributed by atoms with van der Waals surface area (Å²) >= 11 is 0. The minimum absolute atomic E-state index is 0.151. The Hall–Kier alpha value is -3.51. The molecule has 0 fully saturated rings. The van der Waals surface area contributed by atoms with Crippen LogP contribution in [0.1, 0.15) is 5.82 Å². The average molecular weight is 404 g/mol. The molecule has 1 heterocycles. The highest BCUT2D eigenvalue weighted by Crippen LogP contribution is 2.21. The van der Waals surface area contributed by atoms with Crippen molar-refractivity contribution in [2.45, 2.75) is 19.3 Å². The largest absolute Gasteiger partial charge is 0.497 e. The maximum absolute atomic E-state index is 10.6. The Balaban J connectivity index is 1.47. The fraction of sp³-hybridized carbons (Fsp3) is 0.208. The minimum Gasteiger partial charge on any atom is -0.497 e. The topological polar surface area (TPSA) is 65.7 Å². The molecule has 0 saturated heterocycles. The highest BCUT2D eigenvalue weighted by Gasteiger charge is 2.15. The first-order valence-corrected chi connectivity index (χ1v) is 9.80. The number of aliphatic hydroxyl groups excluding tert-OH is 1. The number of fused-ring (bicyclic) bond motifs is 1. The number of methoxy groups -OCH3 is 1. The molecule has 0 aliphatic carbocycles. The molecule has 1 unspecified atom stereocenters. The van der Waals surface area contributed by atoms with Crippen LogP contribution in [-0.2, 0) is 13.2 Å². The standard InChI is InChI=1S/C24H24N2O4/c1-28-20-10-7-11-21(14-20)29-16-18(27)15-26-23-13-6-5-12-22(23)25-24(26)17-30-19-8-3-2-4-9-19/h2-14,18,27H,15-17H2,1H3. The average Bonchev–Trinajstić information content (AvgIpc) is 3.14. The summed E-state index contributed by atoms with van der Waals surface area (Å²) < 4.78 is 18.8. The molecule has 0 bridgehead atoms. The van der Waals surface area contributed by atoms with Crippen LogP contribution in [0.25, 0.3) is 11.0 Å². The fourth-order valence-electron chi connectivity index (χ4n) is 3.25. The normalized spacial score (nSPS) is 11.9. The van der Waals surface area contributed by atoms with Crippen molar-refractivity contribution in [1.82, 2.24) is 9.55 Å². The van der Waals surface area contributed by atoms with Gasteiger partial charge in [0, 0.05) is 6.07 Å². The Morgan fingerprint density at radius 2 is 1.60 bits per heavy atom. The van der Waals surface area contributed by atoms with Gasteiger partial charge in [-0.1, -0.05) is 36.4 Å². The molecule has 154 valence electrons. The van der Waals surface area contributed by atoms with Crippen LogP contribution >= 0.6 is 0 Å². The van der Waals surface area contributed by atoms with Crippen molar-refractivity contribution < 1.29 is 19.3 Å². The van der Waals surface area contributed by atoms with E-state index in [1.807, 2.05) is 77.4 Å². The highest BCUT2D eigenvalue weighted by molar-refractivity contribution is 5.75. The van der Waals surface area contributed by atoms with Crippen molar-refractivity contribution in [1.29, 1.82) is 0 Å². The van der Waals surface area contributed by atoms with Crippen LogP contribution in [0.2, 0.25) is 0 Å². The van der Waals surface area contributed by atoms with E-state index < -0.39 is 6.10 Å². The van der Waals surface area contributed by atoms with E-state index in [9.17, 15) is 5.11 Å². The summed E-state index contributed by atoms with van der Waals surface area (Å²) in [5.41, 5.74) is 1.81. The van der Waals surface area contributed by atoms with Gasteiger partial charge in [-0.3, -0.25) is 0 Å². The molecule has 0 saturated carbocycles. The molecular weight excluding hydrogens is 380 g/mol. The van der Waals surface area contributed by atoms with Crippen LogP contribution in [0.5, 0.6) is 17.2 Å². The molecule has 30 heavy (non-hydrogen) atoms. The third kappa shape index (κ3) is 4.72. The van der Waals surface area contributed by atoms with Crippen molar-refractivity contribution in [3.63, 3.8) is 0 Å². The molecule has 0 spiro atoms. The predicted octanol–water partition coefficient (Wildman–Crippen LogP) is 4.06. The first kappa shape index (κ1) is 19.8. The lowest BCUT2D eigenvalue weighted by Gasteiger charge is -2.16. The van der Waals surface area contributed by atoms with Crippen molar-refractivity contribution >= 4 is 11.0 Å². The Morgan fingerprint density at radius 3 is 2.43 bits per heavy atom. The summed E-state index contributed by atoms with van der Waals surface area (Å²) in [6, 6.07) is 24.8. The number of benzene rings is 3. The smallest absolute Gasteiger partial charge is 0.148 e. The molecule has 0 radical (unpaired) electrons. The second-order valence-electron chi connectivity index (χ2n) is 6.87. The lowest BCUT2D eigenvalue weighted by atomic mass is 10.3. The van der Waals surface area contributed by atoms with E-state index >= 15 is 0 Å². The molecule has 0 amide bonds. The summed E-state index contributed by atoms with van der Waals surface area (Å²) in [5, 5.41) is 10.6. The van der Waals surface area contributed by atoms with E-state index in [2.05, 4.69) is 0 Å². The monoisotopic (exact) mass is 404 g/mol. The van der Waals surface area contributed by atoms with Gasteiger partial charge in [-0.2, -0.15) is 0 Å². The number of rotatable bonds is 9. The van der Waals surface area contributed by atoms with Crippen molar-refractivity contribution in [3.05, 3.63) is 84.7 Å². The highest BCUT2D eigenvalue weighted by atomic mass is 16.5. The molecule has 4 rings (SSSR count). The van der Waals surface area contributed by atoms with Gasteiger partial charge in [0.25, 0.3) is 0 Å². The number of nitrogens with zero attached hydrogens (tertiary/aromatic N) is 2. The number of imidazole rings is 1. The van der Waals surface area contributed by atoms with Gasteiger partial charge in [0.15, 0.2) is 0 Å². The van der Waals surface area contributed by atoms with Gasteiger partial charge < -0.3 is 23.9 Å². The quantitative estimate of drug-likeness (QED) is 0.456. The molecule has 6 nitrogen and oxygen atoms in total. The van der Waals surface area contributed by atoms with E-state index in [1.165, 1.54) is 0 Å². The second kappa shape index (κ2) is 9.33. The van der Waals surface area contributed by atoms with E-state index in [1.54, 1.807) is 13.2 Å². The third-order valence-corrected chi connectivity index (χ3v) is 4.72. The number of hydrogen-bond donors (Lipinski definition) is 1. The van der Waals surface area contributed by atoms with Gasteiger partial charge >= 0.3 is 0 Å². The van der Waals surface area contributed by atoms with Crippen LogP contribution in [-0.4, -0.2) is 34.5 Å². The molecule has 6 heteroatoms. The van der Waals surface area contributed by atoms with Crippen LogP contribution in [0.3, 0.4) is 0 Å². The Kier molecular flexibility index (Phi) is 6.15. The summed E-state index contributed by atoms with van der Waals surface area (Å²) in [4.78, 5) is 4.69. The van der Waals surface area contributed by atoms with E-state index in [4.69, 9.17) is 19.2 Å². The minimum atomic E-state index is -0.718. The Morgan fingerprint density at radius 1 is 0.867 bits per heavy atom. The van der Waals surface area contributed by atoms with Gasteiger partial charge in [0.1, 0.15) is 42.4 Å². The SMILES string of the molecule is COc1cccc(OCC(O)Cn2c(COc3ccccc3)nc3ccccc32)c1. The van der Waals surface area contributed by atoms with Crippen LogP contribution in [0, 0.1) is 0 Å². The zero-order chi connectivity index (χ0) is 20.8. The summed E-state index contributed by atoms with van der Waals surface area (Å²) in [7, 11) is 1.61. The molecule has 3 aromatic carbocycles. The van der Waals surface area contributed by atoms with E-state index in [0.717, 1.165) is 22.6 Å². The number of aromatic nitrogens is 2. The zero-order valence-corrected chi connectivity index (χ0v) is 16.8. The van der Waals surface area contributed by atoms with Crippen LogP contribution < -0.4 is 14.2 Å². The lowest BCUT2D eigenvalue weighted by Crippen LogP contribution is -2.25. The van der Waals surface area contributed by atoms with Gasteiger partial charge in [-0.25, -0.2) is 4.98 Å². The second-order valence-corrected chi connectivity index (χ2v) is 6.87. The molecular formula is C24H24N2O4. The van der Waals surface area contributed by atoms with Crippen LogP contribution in [0.15, 0.2) is 78.9 Å². The maximum atomic E-state index is 10.6. The molecule has 4 aromatic rings. The van der Waals surface area contributed by atoms with E-state index in [-0.39, 0.29) is 6.61 Å². The molecule has 0 aliphatic heterocycles. The van der Waals surface area contributed by atoms with Crippen molar-refractivity contribution in [2.24, 2.45) is 0 Å². The lowest BCUT2D eigenvalue weighted by molar-refractivity contribution is 0.0916. The Bertz CT molecular complexity index is 1090. The summed E-state index contributed by atoms with van der Waals surface area (Å²) in [5.74, 6) is 2.89. The van der Waals surface area contributed by atoms with Crippen LogP contribution in [0.4, 0.5) is 0 Å². The number of ether oxygens (including phenoxy) is 3. The van der Waals surface area contributed by atoms with E-state index in [0.29, 0.717) is 24.7 Å². The maximum Gasteiger partial charge on any atom is 0.148 e. The Labute approximate surface area is 175 Å². The van der Waals surface area contributed by atoms with Gasteiger partial charge in [0.2, 0.25) is 0 Å². The van der Waals surface area contributed by atoms with Crippen molar-refractivity contribution in [2.75, 3.05) is 13.7 Å². The van der Waals surface area contributed by atoms with Gasteiger partial charge in [-0.05, 0) is 36.4 Å². The number of para-hydroxylation sites is 3. The molecule has 1 atom stereocenters. The number of hydrogen-bond acceptors (Lipinski definition) is 5. The zero-order valence-electron chi connectivity index (χ0n) is 16.8. The molecule has 1 aromatic heterocycles. The fourth-order valence-corrected chi connectivity index (χ4v) is 3.25. The van der Waals surface area contributed by atoms with Gasteiger partial charge in [0.05, 0.1) is 24.7 Å². The predicted molar refractivity (Wildman–Crippen MR) is 115 cm³/mol. The molecule has 1 N–H and O–H groups in total.